The number of halogens is 1. The summed E-state index contributed by atoms with van der Waals surface area (Å²) >= 11 is 0. The summed E-state index contributed by atoms with van der Waals surface area (Å²) in [5.74, 6) is 1.85. The van der Waals surface area contributed by atoms with Crippen LogP contribution in [-0.4, -0.2) is 48.6 Å². The molecule has 0 bridgehead atoms. The van der Waals surface area contributed by atoms with Gasteiger partial charge in [-0.15, -0.1) is 24.0 Å². The van der Waals surface area contributed by atoms with Gasteiger partial charge in [0.1, 0.15) is 12.4 Å². The van der Waals surface area contributed by atoms with E-state index >= 15 is 0 Å². The highest BCUT2D eigenvalue weighted by molar-refractivity contribution is 14.0. The van der Waals surface area contributed by atoms with Gasteiger partial charge in [0.05, 0.1) is 12.7 Å². The van der Waals surface area contributed by atoms with E-state index in [-0.39, 0.29) is 24.0 Å². The first kappa shape index (κ1) is 19.3. The van der Waals surface area contributed by atoms with Gasteiger partial charge in [0.2, 0.25) is 0 Å². The lowest BCUT2D eigenvalue weighted by atomic mass is 9.86. The van der Waals surface area contributed by atoms with Crippen LogP contribution in [0.5, 0.6) is 5.75 Å². The average Bonchev–Trinajstić information content (AvgIpc) is 3.22. The second-order valence-corrected chi connectivity index (χ2v) is 6.65. The molecule has 2 heterocycles. The van der Waals surface area contributed by atoms with Gasteiger partial charge < -0.3 is 15.0 Å². The molecule has 3 rings (SSSR count). The summed E-state index contributed by atoms with van der Waals surface area (Å²) in [6.07, 6.45) is 10.4. The number of likely N-dealkylation sites (tertiary alicyclic amines) is 1. The van der Waals surface area contributed by atoms with Gasteiger partial charge in [-0.25, -0.2) is 4.99 Å². The molecule has 1 spiro atoms. The summed E-state index contributed by atoms with van der Waals surface area (Å²) < 4.78 is 5.67. The molecular weight excluding hydrogens is 415 g/mol. The Labute approximate surface area is 162 Å². The summed E-state index contributed by atoms with van der Waals surface area (Å²) in [5.41, 5.74) is 0.572. The Morgan fingerprint density at radius 2 is 2.21 bits per heavy atom. The Morgan fingerprint density at radius 3 is 2.92 bits per heavy atom. The minimum absolute atomic E-state index is 0. The standard InChI is InChI=1S/C18H28N4O.HI/c1-2-20-17(21-11-13-23-16-6-5-10-19-14-16)22-12-9-18(15-22)7-3-4-8-18;/h5-6,10,14H,2-4,7-9,11-13,15H2,1H3,(H,20,21);1H. The van der Waals surface area contributed by atoms with Gasteiger partial charge in [-0.05, 0) is 43.7 Å². The van der Waals surface area contributed by atoms with Crippen LogP contribution in [0, 0.1) is 5.41 Å². The van der Waals surface area contributed by atoms with Gasteiger partial charge in [0.25, 0.3) is 0 Å². The van der Waals surface area contributed by atoms with Crippen LogP contribution in [0.2, 0.25) is 0 Å². The first-order chi connectivity index (χ1) is 11.3. The number of aromatic nitrogens is 1. The summed E-state index contributed by atoms with van der Waals surface area (Å²) in [7, 11) is 0. The van der Waals surface area contributed by atoms with E-state index in [0.29, 0.717) is 18.6 Å². The van der Waals surface area contributed by atoms with Gasteiger partial charge in [0, 0.05) is 25.8 Å². The lowest BCUT2D eigenvalue weighted by Crippen LogP contribution is -2.41. The van der Waals surface area contributed by atoms with E-state index in [4.69, 9.17) is 9.73 Å². The van der Waals surface area contributed by atoms with E-state index in [9.17, 15) is 0 Å². The maximum Gasteiger partial charge on any atom is 0.194 e. The third kappa shape index (κ3) is 4.97. The largest absolute Gasteiger partial charge is 0.490 e. The zero-order chi connectivity index (χ0) is 16.0. The number of hydrogen-bond donors (Lipinski definition) is 1. The molecule has 24 heavy (non-hydrogen) atoms. The second-order valence-electron chi connectivity index (χ2n) is 6.65. The van der Waals surface area contributed by atoms with Crippen molar-refractivity contribution in [1.29, 1.82) is 0 Å². The predicted molar refractivity (Wildman–Crippen MR) is 108 cm³/mol. The number of rotatable bonds is 5. The van der Waals surface area contributed by atoms with Gasteiger partial charge in [-0.1, -0.05) is 12.8 Å². The normalized spacial score (nSPS) is 19.4. The number of aliphatic imine (C=N–C) groups is 1. The third-order valence-corrected chi connectivity index (χ3v) is 4.99. The molecular formula is C18H29IN4O. The average molecular weight is 444 g/mol. The fourth-order valence-corrected chi connectivity index (χ4v) is 3.82. The van der Waals surface area contributed by atoms with Crippen LogP contribution in [0.1, 0.15) is 39.0 Å². The number of nitrogens with one attached hydrogen (secondary N) is 1. The predicted octanol–water partition coefficient (Wildman–Crippen LogP) is 3.31. The Balaban J connectivity index is 0.00000208. The van der Waals surface area contributed by atoms with Crippen molar-refractivity contribution in [2.75, 3.05) is 32.8 Å². The number of ether oxygens (including phenoxy) is 1. The van der Waals surface area contributed by atoms with Gasteiger partial charge >= 0.3 is 0 Å². The highest BCUT2D eigenvalue weighted by atomic mass is 127. The van der Waals surface area contributed by atoms with Crippen molar-refractivity contribution in [2.24, 2.45) is 10.4 Å². The lowest BCUT2D eigenvalue weighted by Gasteiger charge is -2.26. The Kier molecular flexibility index (Phi) is 7.58. The van der Waals surface area contributed by atoms with Gasteiger partial charge in [-0.3, -0.25) is 4.98 Å². The molecule has 1 aliphatic heterocycles. The lowest BCUT2D eigenvalue weighted by molar-refractivity contribution is 0.307. The van der Waals surface area contributed by atoms with Crippen LogP contribution in [0.15, 0.2) is 29.5 Å². The number of nitrogens with zero attached hydrogens (tertiary/aromatic N) is 3. The summed E-state index contributed by atoms with van der Waals surface area (Å²) in [4.78, 5) is 11.2. The zero-order valence-corrected chi connectivity index (χ0v) is 16.9. The topological polar surface area (TPSA) is 49.8 Å². The van der Waals surface area contributed by atoms with E-state index in [2.05, 4.69) is 22.1 Å². The minimum Gasteiger partial charge on any atom is -0.490 e. The smallest absolute Gasteiger partial charge is 0.194 e. The van der Waals surface area contributed by atoms with Crippen molar-refractivity contribution in [3.63, 3.8) is 0 Å². The summed E-state index contributed by atoms with van der Waals surface area (Å²) in [6, 6.07) is 3.81. The molecule has 1 aliphatic carbocycles. The Morgan fingerprint density at radius 1 is 1.38 bits per heavy atom. The summed E-state index contributed by atoms with van der Waals surface area (Å²) in [6.45, 7) is 6.59. The molecule has 0 radical (unpaired) electrons. The van der Waals surface area contributed by atoms with E-state index in [1.165, 1.54) is 38.6 Å². The fourth-order valence-electron chi connectivity index (χ4n) is 3.82. The molecule has 0 unspecified atom stereocenters. The monoisotopic (exact) mass is 444 g/mol. The van der Waals surface area contributed by atoms with Crippen LogP contribution < -0.4 is 10.1 Å². The number of pyridine rings is 1. The van der Waals surface area contributed by atoms with E-state index in [1.807, 2.05) is 12.1 Å². The molecule has 1 saturated carbocycles. The van der Waals surface area contributed by atoms with Crippen LogP contribution >= 0.6 is 24.0 Å². The minimum atomic E-state index is 0. The third-order valence-electron chi connectivity index (χ3n) is 4.99. The van der Waals surface area contributed by atoms with Crippen molar-refractivity contribution >= 4 is 29.9 Å². The zero-order valence-electron chi connectivity index (χ0n) is 14.5. The van der Waals surface area contributed by atoms with Crippen LogP contribution in [0.3, 0.4) is 0 Å². The maximum absolute atomic E-state index is 5.67. The fraction of sp³-hybridized carbons (Fsp3) is 0.667. The number of hydrogen-bond acceptors (Lipinski definition) is 3. The molecule has 6 heteroatoms. The van der Waals surface area contributed by atoms with E-state index in [0.717, 1.165) is 24.8 Å². The molecule has 0 atom stereocenters. The molecule has 1 aromatic heterocycles. The number of guanidine groups is 1. The first-order valence-corrected chi connectivity index (χ1v) is 8.87. The molecule has 2 fully saturated rings. The molecule has 2 aliphatic rings. The van der Waals surface area contributed by atoms with Gasteiger partial charge in [0.15, 0.2) is 5.96 Å². The van der Waals surface area contributed by atoms with Crippen molar-refractivity contribution in [2.45, 2.75) is 39.0 Å². The molecule has 134 valence electrons. The van der Waals surface area contributed by atoms with Gasteiger partial charge in [-0.2, -0.15) is 0 Å². The quantitative estimate of drug-likeness (QED) is 0.328. The maximum atomic E-state index is 5.67. The first-order valence-electron chi connectivity index (χ1n) is 8.87. The van der Waals surface area contributed by atoms with Crippen molar-refractivity contribution in [1.82, 2.24) is 15.2 Å². The molecule has 0 amide bonds. The Bertz CT molecular complexity index is 517. The van der Waals surface area contributed by atoms with E-state index in [1.54, 1.807) is 12.4 Å². The molecule has 5 nitrogen and oxygen atoms in total. The second kappa shape index (κ2) is 9.44. The molecule has 1 aromatic rings. The van der Waals surface area contributed by atoms with Crippen molar-refractivity contribution in [3.8, 4) is 5.75 Å². The van der Waals surface area contributed by atoms with Crippen LogP contribution in [0.25, 0.3) is 0 Å². The SMILES string of the molecule is CCNC(=NCCOc1cccnc1)N1CCC2(CCCC2)C1.I. The Hall–Kier alpha value is -1.05. The van der Waals surface area contributed by atoms with E-state index < -0.39 is 0 Å². The molecule has 1 N–H and O–H groups in total. The van der Waals surface area contributed by atoms with Crippen LogP contribution in [-0.2, 0) is 0 Å². The van der Waals surface area contributed by atoms with Crippen LogP contribution in [0.4, 0.5) is 0 Å². The van der Waals surface area contributed by atoms with Crippen molar-refractivity contribution < 1.29 is 4.74 Å². The van der Waals surface area contributed by atoms with Crippen molar-refractivity contribution in [3.05, 3.63) is 24.5 Å². The molecule has 1 saturated heterocycles. The highest BCUT2D eigenvalue weighted by Crippen LogP contribution is 2.45. The molecule has 0 aromatic carbocycles. The summed E-state index contributed by atoms with van der Waals surface area (Å²) in [5, 5.41) is 3.44. The highest BCUT2D eigenvalue weighted by Gasteiger charge is 2.41.